The van der Waals surface area contributed by atoms with Crippen molar-refractivity contribution >= 4 is 31.8 Å². The highest BCUT2D eigenvalue weighted by molar-refractivity contribution is 9.10. The van der Waals surface area contributed by atoms with Crippen molar-refractivity contribution in [3.05, 3.63) is 16.5 Å². The summed E-state index contributed by atoms with van der Waals surface area (Å²) in [5, 5.41) is 7.87. The van der Waals surface area contributed by atoms with E-state index >= 15 is 0 Å². The van der Waals surface area contributed by atoms with Gasteiger partial charge in [0.05, 0.1) is 5.75 Å². The van der Waals surface area contributed by atoms with Crippen LogP contribution < -0.4 is 10.5 Å². The van der Waals surface area contributed by atoms with Crippen molar-refractivity contribution < 1.29 is 8.42 Å². The molecule has 0 fully saturated rings. The summed E-state index contributed by atoms with van der Waals surface area (Å²) in [7, 11) is -3.38. The monoisotopic (exact) mass is 308 g/mol. The second-order valence-electron chi connectivity index (χ2n) is 3.27. The van der Waals surface area contributed by atoms with E-state index in [0.717, 1.165) is 0 Å². The van der Waals surface area contributed by atoms with E-state index in [1.807, 2.05) is 0 Å². The Morgan fingerprint density at radius 3 is 2.75 bits per heavy atom. The predicted octanol–water partition coefficient (Wildman–Crippen LogP) is 0.638. The maximum absolute atomic E-state index is 10.7. The average Bonchev–Trinajstić information content (AvgIpc) is 2.09. The Balaban J connectivity index is 2.43. The van der Waals surface area contributed by atoms with Gasteiger partial charge in [0.2, 0.25) is 10.0 Å². The molecule has 0 unspecified atom stereocenters. The van der Waals surface area contributed by atoms with Crippen LogP contribution in [0.5, 0.6) is 0 Å². The molecule has 0 amide bonds. The number of halogens is 1. The van der Waals surface area contributed by atoms with E-state index in [0.29, 0.717) is 29.2 Å². The first-order valence-electron chi connectivity index (χ1n) is 4.62. The topological polar surface area (TPSA) is 98.0 Å². The number of primary sulfonamides is 1. The number of nitrogens with one attached hydrogen (secondary N) is 1. The van der Waals surface area contributed by atoms with Crippen LogP contribution in [0.3, 0.4) is 0 Å². The molecule has 1 aromatic rings. The molecule has 90 valence electrons. The normalized spacial score (nSPS) is 11.4. The van der Waals surface area contributed by atoms with Crippen molar-refractivity contribution in [1.82, 2.24) is 9.97 Å². The second-order valence-corrected chi connectivity index (χ2v) is 5.82. The molecule has 0 aliphatic rings. The first kappa shape index (κ1) is 13.3. The Labute approximate surface area is 103 Å². The highest BCUT2D eigenvalue weighted by Gasteiger charge is 2.02. The lowest BCUT2D eigenvalue weighted by molar-refractivity contribution is 0.595. The van der Waals surface area contributed by atoms with Crippen molar-refractivity contribution in [2.75, 3.05) is 17.6 Å². The minimum atomic E-state index is -3.38. The number of rotatable bonds is 5. The predicted molar refractivity (Wildman–Crippen MR) is 65.5 cm³/mol. The Morgan fingerprint density at radius 1 is 1.50 bits per heavy atom. The molecule has 8 heteroatoms. The minimum Gasteiger partial charge on any atom is -0.370 e. The van der Waals surface area contributed by atoms with Gasteiger partial charge in [-0.3, -0.25) is 0 Å². The van der Waals surface area contributed by atoms with Gasteiger partial charge < -0.3 is 5.32 Å². The Morgan fingerprint density at radius 2 is 2.19 bits per heavy atom. The van der Waals surface area contributed by atoms with Crippen LogP contribution in [0.1, 0.15) is 12.2 Å². The highest BCUT2D eigenvalue weighted by atomic mass is 79.9. The van der Waals surface area contributed by atoms with Crippen LogP contribution >= 0.6 is 15.9 Å². The van der Waals surface area contributed by atoms with Crippen LogP contribution in [-0.4, -0.2) is 30.7 Å². The van der Waals surface area contributed by atoms with E-state index in [-0.39, 0.29) is 5.75 Å². The van der Waals surface area contributed by atoms with Crippen molar-refractivity contribution in [3.8, 4) is 0 Å². The first-order valence-corrected chi connectivity index (χ1v) is 7.13. The summed E-state index contributed by atoms with van der Waals surface area (Å²) in [6.07, 6.45) is 0.444. The molecular formula is C8H13BrN4O2S. The van der Waals surface area contributed by atoms with E-state index < -0.39 is 10.0 Å². The molecule has 0 aromatic carbocycles. The fourth-order valence-corrected chi connectivity index (χ4v) is 2.13. The summed E-state index contributed by atoms with van der Waals surface area (Å²) in [5.41, 5.74) is 0. The van der Waals surface area contributed by atoms with Gasteiger partial charge >= 0.3 is 0 Å². The SMILES string of the molecule is Cc1nc(Br)cc(NCCCS(N)(=O)=O)n1. The molecule has 0 bridgehead atoms. The van der Waals surface area contributed by atoms with E-state index in [1.165, 1.54) is 0 Å². The third kappa shape index (κ3) is 5.38. The van der Waals surface area contributed by atoms with Crippen LogP contribution in [0.2, 0.25) is 0 Å². The maximum Gasteiger partial charge on any atom is 0.209 e. The number of anilines is 1. The molecular weight excluding hydrogens is 296 g/mol. The van der Waals surface area contributed by atoms with Gasteiger partial charge in [-0.2, -0.15) is 0 Å². The number of aryl methyl sites for hydroxylation is 1. The van der Waals surface area contributed by atoms with Crippen molar-refractivity contribution in [2.45, 2.75) is 13.3 Å². The maximum atomic E-state index is 10.7. The third-order valence-electron chi connectivity index (χ3n) is 1.72. The molecule has 16 heavy (non-hydrogen) atoms. The number of aromatic nitrogens is 2. The molecule has 6 nitrogen and oxygen atoms in total. The summed E-state index contributed by atoms with van der Waals surface area (Å²) < 4.78 is 22.0. The van der Waals surface area contributed by atoms with E-state index in [4.69, 9.17) is 5.14 Å². The smallest absolute Gasteiger partial charge is 0.209 e. The Hall–Kier alpha value is -0.730. The quantitative estimate of drug-likeness (QED) is 0.614. The highest BCUT2D eigenvalue weighted by Crippen LogP contribution is 2.11. The fraction of sp³-hybridized carbons (Fsp3) is 0.500. The van der Waals surface area contributed by atoms with Gasteiger partial charge in [0, 0.05) is 12.6 Å². The van der Waals surface area contributed by atoms with Crippen LogP contribution in [-0.2, 0) is 10.0 Å². The third-order valence-corrected chi connectivity index (χ3v) is 2.98. The summed E-state index contributed by atoms with van der Waals surface area (Å²) in [5.74, 6) is 1.27. The van der Waals surface area contributed by atoms with Gasteiger partial charge in [0.25, 0.3) is 0 Å². The lowest BCUT2D eigenvalue weighted by Crippen LogP contribution is -2.19. The second kappa shape index (κ2) is 5.55. The molecule has 1 rings (SSSR count). The number of sulfonamides is 1. The zero-order valence-corrected chi connectivity index (χ0v) is 11.2. The van der Waals surface area contributed by atoms with E-state index in [1.54, 1.807) is 13.0 Å². The Kier molecular flexibility index (Phi) is 4.63. The van der Waals surface area contributed by atoms with E-state index in [2.05, 4.69) is 31.2 Å². The summed E-state index contributed by atoms with van der Waals surface area (Å²) in [6.45, 7) is 2.28. The molecule has 0 atom stereocenters. The summed E-state index contributed by atoms with van der Waals surface area (Å²) >= 11 is 3.25. The van der Waals surface area contributed by atoms with Crippen LogP contribution in [0.25, 0.3) is 0 Å². The summed E-state index contributed by atoms with van der Waals surface area (Å²) in [4.78, 5) is 8.19. The molecule has 3 N–H and O–H groups in total. The number of hydrogen-bond donors (Lipinski definition) is 2. The van der Waals surface area contributed by atoms with Crippen LogP contribution in [0.4, 0.5) is 5.82 Å². The number of nitrogens with zero attached hydrogens (tertiary/aromatic N) is 2. The molecule has 0 radical (unpaired) electrons. The van der Waals surface area contributed by atoms with Gasteiger partial charge in [0.1, 0.15) is 16.2 Å². The van der Waals surface area contributed by atoms with Crippen molar-refractivity contribution in [3.63, 3.8) is 0 Å². The molecule has 0 spiro atoms. The molecule has 0 aliphatic carbocycles. The molecule has 1 heterocycles. The molecule has 0 aliphatic heterocycles. The van der Waals surface area contributed by atoms with Gasteiger partial charge in [-0.15, -0.1) is 0 Å². The number of hydrogen-bond acceptors (Lipinski definition) is 5. The van der Waals surface area contributed by atoms with E-state index in [9.17, 15) is 8.42 Å². The first-order chi connectivity index (χ1) is 7.37. The van der Waals surface area contributed by atoms with Crippen LogP contribution in [0.15, 0.2) is 10.7 Å². The Bertz CT molecular complexity index is 443. The van der Waals surface area contributed by atoms with Gasteiger partial charge in [-0.05, 0) is 29.3 Å². The summed E-state index contributed by atoms with van der Waals surface area (Å²) in [6, 6.07) is 1.73. The molecule has 1 aromatic heterocycles. The van der Waals surface area contributed by atoms with Gasteiger partial charge in [-0.25, -0.2) is 23.5 Å². The zero-order valence-electron chi connectivity index (χ0n) is 8.77. The van der Waals surface area contributed by atoms with Crippen LogP contribution in [0, 0.1) is 6.92 Å². The van der Waals surface area contributed by atoms with Gasteiger partial charge in [-0.1, -0.05) is 0 Å². The lowest BCUT2D eigenvalue weighted by Gasteiger charge is -2.05. The molecule has 0 saturated carbocycles. The minimum absolute atomic E-state index is 0.0365. The van der Waals surface area contributed by atoms with Gasteiger partial charge in [0.15, 0.2) is 0 Å². The van der Waals surface area contributed by atoms with Crippen molar-refractivity contribution in [2.24, 2.45) is 5.14 Å². The average molecular weight is 309 g/mol. The largest absolute Gasteiger partial charge is 0.370 e. The zero-order chi connectivity index (χ0) is 12.2. The van der Waals surface area contributed by atoms with Crippen molar-refractivity contribution in [1.29, 1.82) is 0 Å². The molecule has 0 saturated heterocycles. The fourth-order valence-electron chi connectivity index (χ4n) is 1.11. The standard InChI is InChI=1S/C8H13BrN4O2S/c1-6-12-7(9)5-8(13-6)11-3-2-4-16(10,14)15/h5H,2-4H2,1H3,(H2,10,14,15)(H,11,12,13). The number of nitrogens with two attached hydrogens (primary N) is 1. The lowest BCUT2D eigenvalue weighted by atomic mass is 10.4.